The van der Waals surface area contributed by atoms with Crippen molar-refractivity contribution in [3.8, 4) is 0 Å². The number of nitrogens with one attached hydrogen (secondary N) is 1. The van der Waals surface area contributed by atoms with Gasteiger partial charge in [-0.3, -0.25) is 0 Å². The zero-order valence-corrected chi connectivity index (χ0v) is 10.5. The van der Waals surface area contributed by atoms with Crippen LogP contribution in [0, 0.1) is 0 Å². The van der Waals surface area contributed by atoms with E-state index in [1.165, 1.54) is 37.0 Å². The van der Waals surface area contributed by atoms with Crippen LogP contribution in [-0.2, 0) is 0 Å². The number of rotatable bonds is 3. The molecule has 15 heavy (non-hydrogen) atoms. The van der Waals surface area contributed by atoms with Crippen molar-refractivity contribution in [2.45, 2.75) is 46.5 Å². The highest BCUT2D eigenvalue weighted by Crippen LogP contribution is 2.14. The van der Waals surface area contributed by atoms with Crippen molar-refractivity contribution < 1.29 is 0 Å². The summed E-state index contributed by atoms with van der Waals surface area (Å²) >= 11 is 0. The van der Waals surface area contributed by atoms with E-state index >= 15 is 0 Å². The molecule has 0 aromatic heterocycles. The van der Waals surface area contributed by atoms with E-state index in [-0.39, 0.29) is 0 Å². The third-order valence-electron chi connectivity index (χ3n) is 2.43. The molecule has 0 spiro atoms. The molecule has 0 fully saturated rings. The molecule has 0 bridgehead atoms. The minimum Gasteiger partial charge on any atom is -0.388 e. The summed E-state index contributed by atoms with van der Waals surface area (Å²) in [7, 11) is 0. The molecule has 0 aromatic rings. The predicted octanol–water partition coefficient (Wildman–Crippen LogP) is 4.19. The van der Waals surface area contributed by atoms with Gasteiger partial charge >= 0.3 is 0 Å². The summed E-state index contributed by atoms with van der Waals surface area (Å²) in [6, 6.07) is 0. The molecule has 0 aromatic carbocycles. The molecule has 1 heteroatoms. The number of hydrogen-bond donors (Lipinski definition) is 1. The summed E-state index contributed by atoms with van der Waals surface area (Å²) in [5.74, 6) is 0. The maximum Gasteiger partial charge on any atom is 0.0147 e. The third kappa shape index (κ3) is 7.01. The molecular weight excluding hydrogens is 182 g/mol. The molecule has 0 radical (unpaired) electrons. The maximum absolute atomic E-state index is 3.64. The Labute approximate surface area is 95.0 Å². The molecule has 86 valence electrons. The molecular formula is C14H25N. The van der Waals surface area contributed by atoms with Crippen LogP contribution in [0.5, 0.6) is 0 Å². The van der Waals surface area contributed by atoms with E-state index in [1.54, 1.807) is 0 Å². The van der Waals surface area contributed by atoms with Crippen molar-refractivity contribution in [2.75, 3.05) is 6.54 Å². The molecule has 1 rings (SSSR count). The fourth-order valence-corrected chi connectivity index (χ4v) is 1.25. The predicted molar refractivity (Wildman–Crippen MR) is 69.9 cm³/mol. The highest BCUT2D eigenvalue weighted by Gasteiger charge is 2.03. The molecule has 1 aliphatic rings. The summed E-state index contributed by atoms with van der Waals surface area (Å²) < 4.78 is 0. The van der Waals surface area contributed by atoms with Crippen LogP contribution in [0.25, 0.3) is 0 Å². The molecule has 1 heterocycles. The summed E-state index contributed by atoms with van der Waals surface area (Å²) in [5.41, 5.74) is 2.73. The Morgan fingerprint density at radius 1 is 1.33 bits per heavy atom. The lowest BCUT2D eigenvalue weighted by Gasteiger charge is -2.16. The number of unbranched alkanes of at least 4 members (excludes halogenated alkanes) is 1. The average molecular weight is 207 g/mol. The Kier molecular flexibility index (Phi) is 8.95. The zero-order chi connectivity index (χ0) is 11.5. The summed E-state index contributed by atoms with van der Waals surface area (Å²) in [5, 5.41) is 3.34. The van der Waals surface area contributed by atoms with Crippen LogP contribution in [0.15, 0.2) is 36.1 Å². The van der Waals surface area contributed by atoms with Crippen molar-refractivity contribution in [1.29, 1.82) is 0 Å². The van der Waals surface area contributed by atoms with Gasteiger partial charge in [0.25, 0.3) is 0 Å². The third-order valence-corrected chi connectivity index (χ3v) is 2.43. The highest BCUT2D eigenvalue weighted by molar-refractivity contribution is 5.27. The summed E-state index contributed by atoms with van der Waals surface area (Å²) in [4.78, 5) is 0. The quantitative estimate of drug-likeness (QED) is 0.684. The van der Waals surface area contributed by atoms with Crippen LogP contribution >= 0.6 is 0 Å². The molecule has 0 aliphatic carbocycles. The van der Waals surface area contributed by atoms with Crippen molar-refractivity contribution in [3.63, 3.8) is 0 Å². The smallest absolute Gasteiger partial charge is 0.0147 e. The molecule has 0 saturated carbocycles. The minimum atomic E-state index is 1.12. The maximum atomic E-state index is 3.64. The van der Waals surface area contributed by atoms with Crippen LogP contribution < -0.4 is 5.32 Å². The lowest BCUT2D eigenvalue weighted by atomic mass is 10.0. The van der Waals surface area contributed by atoms with Gasteiger partial charge in [0.15, 0.2) is 0 Å². The van der Waals surface area contributed by atoms with Crippen LogP contribution in [-0.4, -0.2) is 6.54 Å². The Balaban J connectivity index is 0.000000423. The minimum absolute atomic E-state index is 1.12. The first-order valence-electron chi connectivity index (χ1n) is 5.98. The Morgan fingerprint density at radius 3 is 2.47 bits per heavy atom. The second-order valence-corrected chi connectivity index (χ2v) is 3.78. The normalized spacial score (nSPS) is 15.7. The van der Waals surface area contributed by atoms with Gasteiger partial charge in [-0.25, -0.2) is 0 Å². The molecule has 0 atom stereocenters. The van der Waals surface area contributed by atoms with E-state index in [4.69, 9.17) is 0 Å². The van der Waals surface area contributed by atoms with E-state index < -0.39 is 0 Å². The van der Waals surface area contributed by atoms with Gasteiger partial charge in [0.2, 0.25) is 0 Å². The van der Waals surface area contributed by atoms with Crippen molar-refractivity contribution >= 4 is 0 Å². The summed E-state index contributed by atoms with van der Waals surface area (Å²) in [6.45, 7) is 11.3. The highest BCUT2D eigenvalue weighted by atomic mass is 14.9. The van der Waals surface area contributed by atoms with Gasteiger partial charge in [-0.15, -0.1) is 0 Å². The first kappa shape index (κ1) is 14.0. The fraction of sp³-hybridized carbons (Fsp3) is 0.571. The molecule has 0 amide bonds. The van der Waals surface area contributed by atoms with Gasteiger partial charge in [0.1, 0.15) is 0 Å². The van der Waals surface area contributed by atoms with E-state index in [0.29, 0.717) is 0 Å². The Morgan fingerprint density at radius 2 is 2.00 bits per heavy atom. The number of allylic oxidation sites excluding steroid dienone is 5. The zero-order valence-electron chi connectivity index (χ0n) is 10.5. The van der Waals surface area contributed by atoms with Gasteiger partial charge in [-0.2, -0.15) is 0 Å². The van der Waals surface area contributed by atoms with Crippen LogP contribution in [0.4, 0.5) is 0 Å². The Bertz CT molecular complexity index is 221. The fourth-order valence-electron chi connectivity index (χ4n) is 1.25. The lowest BCUT2D eigenvalue weighted by molar-refractivity contribution is 0.672. The van der Waals surface area contributed by atoms with Crippen molar-refractivity contribution in [1.82, 2.24) is 5.32 Å². The van der Waals surface area contributed by atoms with Crippen LogP contribution in [0.1, 0.15) is 46.5 Å². The topological polar surface area (TPSA) is 12.0 Å². The van der Waals surface area contributed by atoms with Gasteiger partial charge in [-0.1, -0.05) is 51.5 Å². The average Bonchev–Trinajstić information content (AvgIpc) is 2.28. The van der Waals surface area contributed by atoms with Gasteiger partial charge in [0.05, 0.1) is 0 Å². The van der Waals surface area contributed by atoms with E-state index in [2.05, 4.69) is 38.7 Å². The first-order chi connectivity index (χ1) is 7.26. The number of hydrogen-bond acceptors (Lipinski definition) is 1. The molecule has 1 aliphatic heterocycles. The monoisotopic (exact) mass is 207 g/mol. The molecule has 1 nitrogen and oxygen atoms in total. The van der Waals surface area contributed by atoms with E-state index in [1.807, 2.05) is 12.2 Å². The van der Waals surface area contributed by atoms with Gasteiger partial charge in [-0.05, 0) is 25.3 Å². The van der Waals surface area contributed by atoms with Crippen molar-refractivity contribution in [2.24, 2.45) is 0 Å². The summed E-state index contributed by atoms with van der Waals surface area (Å²) in [6.07, 6.45) is 11.0. The second-order valence-electron chi connectivity index (χ2n) is 3.78. The standard InChI is InChI=1S/C10H15N.C4H10/c1-3-4-6-10-7-5-8-11-9(10)2;1-3-4-2/h3-4,6,11H,1,5,7-8H2,2H3;3-4H2,1-2H3/b6-4-;. The van der Waals surface area contributed by atoms with Gasteiger partial charge < -0.3 is 5.32 Å². The largest absolute Gasteiger partial charge is 0.388 e. The van der Waals surface area contributed by atoms with Crippen LogP contribution in [0.3, 0.4) is 0 Å². The molecule has 1 N–H and O–H groups in total. The second kappa shape index (κ2) is 9.57. The van der Waals surface area contributed by atoms with E-state index in [9.17, 15) is 0 Å². The first-order valence-corrected chi connectivity index (χ1v) is 5.98. The lowest BCUT2D eigenvalue weighted by Crippen LogP contribution is -2.18. The van der Waals surface area contributed by atoms with Crippen molar-refractivity contribution in [3.05, 3.63) is 36.1 Å². The molecule has 0 unspecified atom stereocenters. The van der Waals surface area contributed by atoms with Crippen LogP contribution in [0.2, 0.25) is 0 Å². The van der Waals surface area contributed by atoms with E-state index in [0.717, 1.165) is 6.54 Å². The van der Waals surface area contributed by atoms with Gasteiger partial charge in [0, 0.05) is 12.2 Å². The molecule has 0 saturated heterocycles. The Hall–Kier alpha value is -0.980. The SMILES string of the molecule is C=C/C=C\C1=C(C)NCCC1.CCCC.